The van der Waals surface area contributed by atoms with Crippen LogP contribution in [0, 0.1) is 5.41 Å². The molecule has 1 aliphatic heterocycles. The Kier molecular flexibility index (Phi) is 7.97. The summed E-state index contributed by atoms with van der Waals surface area (Å²) in [5, 5.41) is 10.2. The van der Waals surface area contributed by atoms with Gasteiger partial charge in [0.2, 0.25) is 0 Å². The molecule has 3 aliphatic rings. The zero-order valence-corrected chi connectivity index (χ0v) is 17.9. The van der Waals surface area contributed by atoms with Gasteiger partial charge in [-0.1, -0.05) is 6.07 Å². The number of likely N-dealkylation sites (tertiary alicyclic amines) is 1. The predicted octanol–water partition coefficient (Wildman–Crippen LogP) is 4.13. The molecule has 0 unspecified atom stereocenters. The number of halogens is 3. The molecule has 178 valence electrons. The number of aromatic nitrogens is 1. The van der Waals surface area contributed by atoms with Crippen molar-refractivity contribution in [3.8, 4) is 0 Å². The Hall–Kier alpha value is -2.36. The standard InChI is InChI=1S/C20H29N3O2.C2HF3O2/c24-19(25-18-6-1-2-7-18)22-17-13-20(14-17)8-11-23(12-9-20)15-16-5-3-4-10-21-16;3-2(4,5)1(6)7/h3-5,10,17-18H,1-2,6-9,11-15H2,(H,22,24);(H,6,7). The van der Waals surface area contributed by atoms with Crippen LogP contribution in [0.2, 0.25) is 0 Å². The molecule has 4 rings (SSSR count). The lowest BCUT2D eigenvalue weighted by molar-refractivity contribution is -0.192. The Morgan fingerprint density at radius 1 is 1.19 bits per heavy atom. The van der Waals surface area contributed by atoms with E-state index < -0.39 is 12.1 Å². The second-order valence-electron chi connectivity index (χ2n) is 8.96. The van der Waals surface area contributed by atoms with Gasteiger partial charge in [-0.15, -0.1) is 0 Å². The molecule has 1 amide bonds. The molecular weight excluding hydrogens is 427 g/mol. The van der Waals surface area contributed by atoms with E-state index in [9.17, 15) is 18.0 Å². The van der Waals surface area contributed by atoms with Gasteiger partial charge in [-0.3, -0.25) is 9.88 Å². The molecule has 0 atom stereocenters. The number of carboxylic acids is 1. The largest absolute Gasteiger partial charge is 0.490 e. The average molecular weight is 457 g/mol. The lowest BCUT2D eigenvalue weighted by Gasteiger charge is -2.52. The fraction of sp³-hybridized carbons (Fsp3) is 0.682. The van der Waals surface area contributed by atoms with Crippen LogP contribution < -0.4 is 5.32 Å². The summed E-state index contributed by atoms with van der Waals surface area (Å²) in [5.41, 5.74) is 1.60. The molecule has 10 heteroatoms. The number of nitrogens with zero attached hydrogens (tertiary/aromatic N) is 2. The second-order valence-corrected chi connectivity index (χ2v) is 8.96. The Bertz CT molecular complexity index is 753. The summed E-state index contributed by atoms with van der Waals surface area (Å²) in [5.74, 6) is -2.76. The normalized spacial score (nSPS) is 21.3. The molecule has 1 aromatic rings. The van der Waals surface area contributed by atoms with Gasteiger partial charge in [0, 0.05) is 18.8 Å². The highest BCUT2D eigenvalue weighted by Crippen LogP contribution is 2.49. The minimum Gasteiger partial charge on any atom is -0.475 e. The minimum absolute atomic E-state index is 0.156. The number of nitrogens with one attached hydrogen (secondary N) is 1. The number of rotatable bonds is 4. The number of hydrogen-bond donors (Lipinski definition) is 2. The number of carboxylic acid groups (broad SMARTS) is 1. The maximum atomic E-state index is 12.0. The molecule has 1 spiro atoms. The number of ether oxygens (including phenoxy) is 1. The van der Waals surface area contributed by atoms with Crippen molar-refractivity contribution in [1.82, 2.24) is 15.2 Å². The van der Waals surface area contributed by atoms with Gasteiger partial charge < -0.3 is 15.2 Å². The minimum atomic E-state index is -5.08. The highest BCUT2D eigenvalue weighted by molar-refractivity contribution is 5.73. The van der Waals surface area contributed by atoms with Crippen molar-refractivity contribution < 1.29 is 32.6 Å². The van der Waals surface area contributed by atoms with Gasteiger partial charge in [0.25, 0.3) is 0 Å². The van der Waals surface area contributed by atoms with E-state index in [1.165, 1.54) is 25.7 Å². The molecule has 1 aromatic heterocycles. The number of pyridine rings is 1. The molecule has 0 aromatic carbocycles. The quantitative estimate of drug-likeness (QED) is 0.707. The van der Waals surface area contributed by atoms with E-state index in [0.717, 1.165) is 51.0 Å². The van der Waals surface area contributed by atoms with Crippen LogP contribution in [-0.4, -0.2) is 58.5 Å². The maximum absolute atomic E-state index is 12.0. The molecule has 0 radical (unpaired) electrons. The first kappa shape index (κ1) is 24.3. The van der Waals surface area contributed by atoms with Crippen molar-refractivity contribution in [3.05, 3.63) is 30.1 Å². The van der Waals surface area contributed by atoms with E-state index in [2.05, 4.69) is 27.3 Å². The summed E-state index contributed by atoms with van der Waals surface area (Å²) in [4.78, 5) is 27.8. The molecule has 32 heavy (non-hydrogen) atoms. The molecule has 7 nitrogen and oxygen atoms in total. The lowest BCUT2D eigenvalue weighted by Crippen LogP contribution is -2.55. The van der Waals surface area contributed by atoms with Crippen LogP contribution >= 0.6 is 0 Å². The van der Waals surface area contributed by atoms with Crippen molar-refractivity contribution in [1.29, 1.82) is 0 Å². The van der Waals surface area contributed by atoms with Gasteiger partial charge in [0.1, 0.15) is 6.10 Å². The fourth-order valence-electron chi connectivity index (χ4n) is 4.76. The van der Waals surface area contributed by atoms with Gasteiger partial charge in [-0.05, 0) is 82.0 Å². The molecule has 3 fully saturated rings. The van der Waals surface area contributed by atoms with Gasteiger partial charge >= 0.3 is 18.2 Å². The van der Waals surface area contributed by atoms with Crippen LogP contribution in [0.5, 0.6) is 0 Å². The van der Waals surface area contributed by atoms with Gasteiger partial charge in [0.05, 0.1) is 5.69 Å². The smallest absolute Gasteiger partial charge is 0.475 e. The van der Waals surface area contributed by atoms with Crippen LogP contribution in [0.25, 0.3) is 0 Å². The van der Waals surface area contributed by atoms with E-state index in [-0.39, 0.29) is 12.2 Å². The summed E-state index contributed by atoms with van der Waals surface area (Å²) in [6.45, 7) is 3.22. The van der Waals surface area contributed by atoms with E-state index in [1.807, 2.05) is 12.3 Å². The molecular formula is C22H30F3N3O4. The van der Waals surface area contributed by atoms with Crippen LogP contribution in [0.1, 0.15) is 57.1 Å². The van der Waals surface area contributed by atoms with Crippen LogP contribution in [0.4, 0.5) is 18.0 Å². The fourth-order valence-corrected chi connectivity index (χ4v) is 4.76. The SMILES string of the molecule is O=C(NC1CC2(CCN(Cc3ccccn3)CC2)C1)OC1CCCC1.O=C(O)C(F)(F)F. The molecule has 1 saturated heterocycles. The molecule has 2 N–H and O–H groups in total. The van der Waals surface area contributed by atoms with E-state index >= 15 is 0 Å². The Morgan fingerprint density at radius 2 is 1.81 bits per heavy atom. The van der Waals surface area contributed by atoms with E-state index in [1.54, 1.807) is 0 Å². The zero-order valence-electron chi connectivity index (χ0n) is 17.9. The van der Waals surface area contributed by atoms with Crippen LogP contribution in [0.15, 0.2) is 24.4 Å². The van der Waals surface area contributed by atoms with Crippen molar-refractivity contribution in [3.63, 3.8) is 0 Å². The molecule has 2 heterocycles. The number of aliphatic carboxylic acids is 1. The molecule has 2 aliphatic carbocycles. The van der Waals surface area contributed by atoms with E-state index in [4.69, 9.17) is 14.6 Å². The highest BCUT2D eigenvalue weighted by atomic mass is 19.4. The van der Waals surface area contributed by atoms with Crippen LogP contribution in [0.3, 0.4) is 0 Å². The number of carbonyl (C=O) groups is 2. The Balaban J connectivity index is 0.000000360. The van der Waals surface area contributed by atoms with Crippen LogP contribution in [-0.2, 0) is 16.1 Å². The number of alkyl halides is 3. The highest BCUT2D eigenvalue weighted by Gasteiger charge is 2.46. The van der Waals surface area contributed by atoms with Crippen molar-refractivity contribution >= 4 is 12.1 Å². The third kappa shape index (κ3) is 7.08. The monoisotopic (exact) mass is 457 g/mol. The molecule has 0 bridgehead atoms. The van der Waals surface area contributed by atoms with Crippen molar-refractivity contribution in [2.45, 2.75) is 76.2 Å². The Morgan fingerprint density at radius 3 is 2.34 bits per heavy atom. The van der Waals surface area contributed by atoms with Crippen molar-refractivity contribution in [2.75, 3.05) is 13.1 Å². The number of piperidine rings is 1. The summed E-state index contributed by atoms with van der Waals surface area (Å²) >= 11 is 0. The Labute approximate surface area is 185 Å². The number of hydrogen-bond acceptors (Lipinski definition) is 5. The second kappa shape index (κ2) is 10.5. The first-order valence-corrected chi connectivity index (χ1v) is 11.0. The third-order valence-electron chi connectivity index (χ3n) is 6.53. The first-order chi connectivity index (χ1) is 15.2. The van der Waals surface area contributed by atoms with Gasteiger partial charge in [-0.25, -0.2) is 9.59 Å². The lowest BCUT2D eigenvalue weighted by atomic mass is 9.60. The number of carbonyl (C=O) groups excluding carboxylic acids is 1. The zero-order chi connectivity index (χ0) is 23.2. The third-order valence-corrected chi connectivity index (χ3v) is 6.53. The maximum Gasteiger partial charge on any atom is 0.490 e. The average Bonchev–Trinajstić information content (AvgIpc) is 3.22. The number of amides is 1. The van der Waals surface area contributed by atoms with E-state index in [0.29, 0.717) is 11.5 Å². The topological polar surface area (TPSA) is 91.8 Å². The van der Waals surface area contributed by atoms with Crippen molar-refractivity contribution in [2.24, 2.45) is 5.41 Å². The number of alkyl carbamates (subject to hydrolysis) is 1. The van der Waals surface area contributed by atoms with Gasteiger partial charge in [-0.2, -0.15) is 13.2 Å². The first-order valence-electron chi connectivity index (χ1n) is 11.0. The molecule has 2 saturated carbocycles. The predicted molar refractivity (Wildman–Crippen MR) is 110 cm³/mol. The summed E-state index contributed by atoms with van der Waals surface area (Å²) in [6.07, 6.45) is 5.90. The summed E-state index contributed by atoms with van der Waals surface area (Å²) < 4.78 is 37.2. The summed E-state index contributed by atoms with van der Waals surface area (Å²) in [6, 6.07) is 6.44. The van der Waals surface area contributed by atoms with Gasteiger partial charge in [0.15, 0.2) is 0 Å². The summed E-state index contributed by atoms with van der Waals surface area (Å²) in [7, 11) is 0.